The first kappa shape index (κ1) is 13.6. The summed E-state index contributed by atoms with van der Waals surface area (Å²) >= 11 is 0. The van der Waals surface area contributed by atoms with E-state index in [2.05, 4.69) is 10.3 Å². The molecule has 0 unspecified atom stereocenters. The zero-order valence-corrected chi connectivity index (χ0v) is 10.7. The second kappa shape index (κ2) is 6.34. The van der Waals surface area contributed by atoms with Crippen molar-refractivity contribution >= 4 is 11.6 Å². The van der Waals surface area contributed by atoms with Gasteiger partial charge in [0.25, 0.3) is 0 Å². The van der Waals surface area contributed by atoms with Crippen LogP contribution in [0.5, 0.6) is 0 Å². The first-order chi connectivity index (χ1) is 9.69. The lowest BCUT2D eigenvalue weighted by atomic mass is 10.1. The Kier molecular flexibility index (Phi) is 4.30. The molecule has 3 N–H and O–H groups in total. The molecule has 0 bridgehead atoms. The Bertz CT molecular complexity index is 659. The van der Waals surface area contributed by atoms with E-state index < -0.39 is 5.82 Å². The van der Waals surface area contributed by atoms with Crippen LogP contribution in [-0.4, -0.2) is 5.96 Å². The molecule has 4 nitrogen and oxygen atoms in total. The number of anilines is 1. The SMILES string of the molecule is N#Cc1ccc(F)c(CN=C(N)Nc2ccccc2)c1. The van der Waals surface area contributed by atoms with Crippen LogP contribution in [-0.2, 0) is 6.54 Å². The molecular weight excluding hydrogens is 255 g/mol. The van der Waals surface area contributed by atoms with E-state index in [0.717, 1.165) is 5.69 Å². The van der Waals surface area contributed by atoms with Crippen molar-refractivity contribution in [1.82, 2.24) is 0 Å². The van der Waals surface area contributed by atoms with Gasteiger partial charge in [-0.05, 0) is 30.3 Å². The number of rotatable bonds is 3. The average Bonchev–Trinajstić information content (AvgIpc) is 2.47. The maximum absolute atomic E-state index is 13.5. The van der Waals surface area contributed by atoms with E-state index in [0.29, 0.717) is 11.1 Å². The zero-order chi connectivity index (χ0) is 14.4. The molecule has 0 aliphatic heterocycles. The van der Waals surface area contributed by atoms with Crippen LogP contribution in [0, 0.1) is 17.1 Å². The number of nitrogens with two attached hydrogens (primary N) is 1. The van der Waals surface area contributed by atoms with E-state index in [1.165, 1.54) is 18.2 Å². The fraction of sp³-hybridized carbons (Fsp3) is 0.0667. The van der Waals surface area contributed by atoms with Crippen molar-refractivity contribution in [2.24, 2.45) is 10.7 Å². The molecule has 0 fully saturated rings. The molecule has 100 valence electrons. The number of benzene rings is 2. The predicted octanol–water partition coefficient (Wildman–Crippen LogP) is 2.62. The summed E-state index contributed by atoms with van der Waals surface area (Å²) in [5.41, 5.74) is 7.26. The van der Waals surface area contributed by atoms with Gasteiger partial charge in [-0.2, -0.15) is 5.26 Å². The van der Waals surface area contributed by atoms with Gasteiger partial charge in [0.1, 0.15) is 5.82 Å². The number of nitriles is 1. The molecule has 0 heterocycles. The van der Waals surface area contributed by atoms with Crippen molar-refractivity contribution in [2.45, 2.75) is 6.54 Å². The first-order valence-electron chi connectivity index (χ1n) is 5.99. The van der Waals surface area contributed by atoms with Crippen LogP contribution in [0.15, 0.2) is 53.5 Å². The topological polar surface area (TPSA) is 74.2 Å². The fourth-order valence-electron chi connectivity index (χ4n) is 1.64. The Balaban J connectivity index is 2.07. The summed E-state index contributed by atoms with van der Waals surface area (Å²) < 4.78 is 13.5. The smallest absolute Gasteiger partial charge is 0.193 e. The highest BCUT2D eigenvalue weighted by atomic mass is 19.1. The Morgan fingerprint density at radius 1 is 1.25 bits per heavy atom. The van der Waals surface area contributed by atoms with Crippen molar-refractivity contribution in [3.05, 3.63) is 65.5 Å². The van der Waals surface area contributed by atoms with Crippen LogP contribution >= 0.6 is 0 Å². The van der Waals surface area contributed by atoms with Crippen LogP contribution < -0.4 is 11.1 Å². The Morgan fingerprint density at radius 3 is 2.70 bits per heavy atom. The Morgan fingerprint density at radius 2 is 2.00 bits per heavy atom. The van der Waals surface area contributed by atoms with Crippen molar-refractivity contribution in [3.8, 4) is 6.07 Å². The minimum Gasteiger partial charge on any atom is -0.370 e. The molecule has 0 aliphatic carbocycles. The molecule has 0 aliphatic rings. The van der Waals surface area contributed by atoms with Crippen LogP contribution in [0.4, 0.5) is 10.1 Å². The van der Waals surface area contributed by atoms with Gasteiger partial charge in [0, 0.05) is 11.3 Å². The summed E-state index contributed by atoms with van der Waals surface area (Å²) in [6, 6.07) is 15.4. The number of halogens is 1. The second-order valence-corrected chi connectivity index (χ2v) is 4.11. The highest BCUT2D eigenvalue weighted by molar-refractivity contribution is 5.92. The van der Waals surface area contributed by atoms with Crippen molar-refractivity contribution in [2.75, 3.05) is 5.32 Å². The minimum atomic E-state index is -0.403. The lowest BCUT2D eigenvalue weighted by Gasteiger charge is -2.05. The van der Waals surface area contributed by atoms with Gasteiger partial charge >= 0.3 is 0 Å². The first-order valence-corrected chi connectivity index (χ1v) is 5.99. The van der Waals surface area contributed by atoms with Gasteiger partial charge in [0.15, 0.2) is 5.96 Å². The summed E-state index contributed by atoms with van der Waals surface area (Å²) in [6.07, 6.45) is 0. The van der Waals surface area contributed by atoms with Crippen molar-refractivity contribution < 1.29 is 4.39 Å². The molecule has 0 aromatic heterocycles. The third-order valence-electron chi connectivity index (χ3n) is 2.64. The van der Waals surface area contributed by atoms with Gasteiger partial charge in [-0.1, -0.05) is 18.2 Å². The molecule has 0 saturated carbocycles. The number of nitrogens with one attached hydrogen (secondary N) is 1. The maximum Gasteiger partial charge on any atom is 0.193 e. The van der Waals surface area contributed by atoms with E-state index in [1.54, 1.807) is 0 Å². The highest BCUT2D eigenvalue weighted by Crippen LogP contribution is 2.11. The number of hydrogen-bond acceptors (Lipinski definition) is 2. The zero-order valence-electron chi connectivity index (χ0n) is 10.7. The molecule has 0 saturated heterocycles. The van der Waals surface area contributed by atoms with E-state index in [4.69, 9.17) is 11.0 Å². The molecule has 20 heavy (non-hydrogen) atoms. The number of nitrogens with zero attached hydrogens (tertiary/aromatic N) is 2. The van der Waals surface area contributed by atoms with Gasteiger partial charge in [-0.3, -0.25) is 0 Å². The van der Waals surface area contributed by atoms with Gasteiger partial charge in [-0.15, -0.1) is 0 Å². The van der Waals surface area contributed by atoms with E-state index in [9.17, 15) is 4.39 Å². The molecule has 0 atom stereocenters. The summed E-state index contributed by atoms with van der Waals surface area (Å²) in [5, 5.41) is 11.7. The molecule has 0 amide bonds. The predicted molar refractivity (Wildman–Crippen MR) is 76.5 cm³/mol. The maximum atomic E-state index is 13.5. The fourth-order valence-corrected chi connectivity index (χ4v) is 1.64. The quantitative estimate of drug-likeness (QED) is 0.663. The second-order valence-electron chi connectivity index (χ2n) is 4.11. The molecular formula is C15H13FN4. The van der Waals surface area contributed by atoms with Gasteiger partial charge in [-0.25, -0.2) is 9.38 Å². The van der Waals surface area contributed by atoms with Gasteiger partial charge < -0.3 is 11.1 Å². The average molecular weight is 268 g/mol. The van der Waals surface area contributed by atoms with Crippen molar-refractivity contribution in [3.63, 3.8) is 0 Å². The lowest BCUT2D eigenvalue weighted by Crippen LogP contribution is -2.22. The van der Waals surface area contributed by atoms with E-state index in [1.807, 2.05) is 36.4 Å². The standard InChI is InChI=1S/C15H13FN4/c16-14-7-6-11(9-17)8-12(14)10-19-15(18)20-13-4-2-1-3-5-13/h1-8H,10H2,(H3,18,19,20). The van der Waals surface area contributed by atoms with E-state index >= 15 is 0 Å². The normalized spacial score (nSPS) is 10.9. The van der Waals surface area contributed by atoms with Crippen LogP contribution in [0.2, 0.25) is 0 Å². The summed E-state index contributed by atoms with van der Waals surface area (Å²) in [7, 11) is 0. The third kappa shape index (κ3) is 3.56. The molecule has 5 heteroatoms. The molecule has 2 aromatic carbocycles. The Labute approximate surface area is 116 Å². The molecule has 0 radical (unpaired) electrons. The number of guanidine groups is 1. The highest BCUT2D eigenvalue weighted by Gasteiger charge is 2.03. The summed E-state index contributed by atoms with van der Waals surface area (Å²) in [5.74, 6) is -0.210. The molecule has 0 spiro atoms. The number of hydrogen-bond donors (Lipinski definition) is 2. The van der Waals surface area contributed by atoms with Crippen LogP contribution in [0.25, 0.3) is 0 Å². The number of para-hydroxylation sites is 1. The van der Waals surface area contributed by atoms with Crippen molar-refractivity contribution in [1.29, 1.82) is 5.26 Å². The molecule has 2 rings (SSSR count). The summed E-state index contributed by atoms with van der Waals surface area (Å²) in [4.78, 5) is 4.06. The van der Waals surface area contributed by atoms with Gasteiger partial charge in [0.05, 0.1) is 18.2 Å². The van der Waals surface area contributed by atoms with Crippen LogP contribution in [0.1, 0.15) is 11.1 Å². The monoisotopic (exact) mass is 268 g/mol. The summed E-state index contributed by atoms with van der Waals surface area (Å²) in [6.45, 7) is 0.0764. The third-order valence-corrected chi connectivity index (χ3v) is 2.64. The van der Waals surface area contributed by atoms with Gasteiger partial charge in [0.2, 0.25) is 0 Å². The molecule has 2 aromatic rings. The minimum absolute atomic E-state index is 0.0764. The van der Waals surface area contributed by atoms with Crippen LogP contribution in [0.3, 0.4) is 0 Å². The lowest BCUT2D eigenvalue weighted by molar-refractivity contribution is 0.610. The largest absolute Gasteiger partial charge is 0.370 e. The Hall–Kier alpha value is -2.87. The van der Waals surface area contributed by atoms with E-state index in [-0.39, 0.29) is 12.5 Å². The number of aliphatic imine (C=N–C) groups is 1.